The van der Waals surface area contributed by atoms with Crippen molar-refractivity contribution >= 4 is 5.96 Å². The summed E-state index contributed by atoms with van der Waals surface area (Å²) in [5.41, 5.74) is 4.17. The number of aliphatic hydroxyl groups excluding tert-OH is 3. The molecule has 1 saturated carbocycles. The van der Waals surface area contributed by atoms with Crippen LogP contribution in [0.2, 0.25) is 0 Å². The number of hydrogen-bond acceptors (Lipinski definition) is 9. The molecule has 9 atom stereocenters. The number of aliphatic imine (C=N–C) groups is 1. The fourth-order valence-corrected chi connectivity index (χ4v) is 4.21. The Balaban J connectivity index is 1.92. The van der Waals surface area contributed by atoms with Crippen molar-refractivity contribution in [2.75, 3.05) is 0 Å². The van der Waals surface area contributed by atoms with Gasteiger partial charge < -0.3 is 41.0 Å². The first-order valence-electron chi connectivity index (χ1n) is 6.55. The van der Waals surface area contributed by atoms with Crippen molar-refractivity contribution in [3.05, 3.63) is 0 Å². The number of nitrogens with zero attached hydrogens (tertiary/aromatic N) is 1. The molecule has 4 aliphatic heterocycles. The Bertz CT molecular complexity index is 503. The van der Waals surface area contributed by atoms with Gasteiger partial charge in [-0.1, -0.05) is 6.92 Å². The van der Waals surface area contributed by atoms with Gasteiger partial charge in [0.25, 0.3) is 0 Å². The third kappa shape index (κ3) is 1.14. The SMILES string of the molecule is C[C@@H]1[C@@H]2O[C@]3(O)O[C@H]1C(O)[C@@]1(NC(N)=N[C@H](O)[C@@H]21)[C@@H]3O. The molecular weight excluding hydrogens is 270 g/mol. The highest BCUT2D eigenvalue weighted by molar-refractivity contribution is 5.80. The lowest BCUT2D eigenvalue weighted by Gasteiger charge is -2.69. The lowest BCUT2D eigenvalue weighted by atomic mass is 9.57. The van der Waals surface area contributed by atoms with E-state index in [9.17, 15) is 20.4 Å². The van der Waals surface area contributed by atoms with E-state index in [0.29, 0.717) is 0 Å². The van der Waals surface area contributed by atoms with Gasteiger partial charge in [0.1, 0.15) is 11.6 Å². The normalized spacial score (nSPS) is 63.6. The molecule has 4 heterocycles. The minimum atomic E-state index is -2.22. The molecule has 9 heteroatoms. The van der Waals surface area contributed by atoms with E-state index in [1.807, 2.05) is 0 Å². The summed E-state index contributed by atoms with van der Waals surface area (Å²) in [5, 5.41) is 44.2. The average Bonchev–Trinajstić information content (AvgIpc) is 2.36. The number of hydrogen-bond donors (Lipinski definition) is 6. The molecule has 1 unspecified atom stereocenters. The van der Waals surface area contributed by atoms with Crippen molar-refractivity contribution in [3.8, 4) is 0 Å². The van der Waals surface area contributed by atoms with Crippen LogP contribution in [0, 0.1) is 11.8 Å². The highest BCUT2D eigenvalue weighted by atomic mass is 16.8. The molecule has 5 aliphatic rings. The van der Waals surface area contributed by atoms with E-state index in [1.54, 1.807) is 6.92 Å². The largest absolute Gasteiger partial charge is 0.388 e. The average molecular weight is 287 g/mol. The summed E-state index contributed by atoms with van der Waals surface area (Å²) in [6.45, 7) is 1.79. The molecule has 20 heavy (non-hydrogen) atoms. The van der Waals surface area contributed by atoms with Crippen LogP contribution in [0.25, 0.3) is 0 Å². The second-order valence-corrected chi connectivity index (χ2v) is 6.01. The summed E-state index contributed by atoms with van der Waals surface area (Å²) >= 11 is 0. The van der Waals surface area contributed by atoms with E-state index in [1.165, 1.54) is 0 Å². The fourth-order valence-electron chi connectivity index (χ4n) is 4.21. The number of nitrogens with two attached hydrogens (primary N) is 1. The minimum Gasteiger partial charge on any atom is -0.388 e. The van der Waals surface area contributed by atoms with Gasteiger partial charge in [-0.15, -0.1) is 0 Å². The van der Waals surface area contributed by atoms with Crippen LogP contribution >= 0.6 is 0 Å². The molecule has 0 amide bonds. The maximum atomic E-state index is 10.6. The highest BCUT2D eigenvalue weighted by Gasteiger charge is 2.78. The molecular formula is C11H17N3O6. The van der Waals surface area contributed by atoms with Gasteiger partial charge in [0.05, 0.1) is 18.1 Å². The Morgan fingerprint density at radius 2 is 1.90 bits per heavy atom. The third-order valence-electron chi connectivity index (χ3n) is 5.09. The second-order valence-electron chi connectivity index (χ2n) is 6.01. The van der Waals surface area contributed by atoms with Gasteiger partial charge in [0.15, 0.2) is 18.3 Å². The summed E-state index contributed by atoms with van der Waals surface area (Å²) in [6.07, 6.45) is -5.37. The Morgan fingerprint density at radius 1 is 1.25 bits per heavy atom. The Labute approximate surface area is 114 Å². The monoisotopic (exact) mass is 287 g/mol. The second kappa shape index (κ2) is 3.43. The van der Waals surface area contributed by atoms with Crippen molar-refractivity contribution in [2.24, 2.45) is 22.6 Å². The molecule has 7 N–H and O–H groups in total. The Morgan fingerprint density at radius 3 is 2.60 bits per heavy atom. The molecule has 0 radical (unpaired) electrons. The zero-order valence-electron chi connectivity index (χ0n) is 10.7. The van der Waals surface area contributed by atoms with Crippen LogP contribution in [0.4, 0.5) is 0 Å². The molecule has 4 bridgehead atoms. The topological polar surface area (TPSA) is 150 Å². The summed E-state index contributed by atoms with van der Waals surface area (Å²) in [6, 6.07) is 0. The van der Waals surface area contributed by atoms with Crippen molar-refractivity contribution in [1.82, 2.24) is 5.32 Å². The van der Waals surface area contributed by atoms with Gasteiger partial charge in [0.2, 0.25) is 0 Å². The summed E-state index contributed by atoms with van der Waals surface area (Å²) < 4.78 is 10.7. The maximum absolute atomic E-state index is 10.6. The lowest BCUT2D eigenvalue weighted by molar-refractivity contribution is -0.528. The van der Waals surface area contributed by atoms with E-state index in [2.05, 4.69) is 10.3 Å². The molecule has 5 rings (SSSR count). The number of aliphatic hydroxyl groups is 4. The van der Waals surface area contributed by atoms with Gasteiger partial charge >= 0.3 is 5.97 Å². The summed E-state index contributed by atoms with van der Waals surface area (Å²) in [5.74, 6) is -3.34. The minimum absolute atomic E-state index is 0.106. The van der Waals surface area contributed by atoms with Crippen molar-refractivity contribution < 1.29 is 29.9 Å². The Hall–Kier alpha value is -0.970. The third-order valence-corrected chi connectivity index (χ3v) is 5.09. The van der Waals surface area contributed by atoms with E-state index >= 15 is 0 Å². The van der Waals surface area contributed by atoms with E-state index in [-0.39, 0.29) is 11.9 Å². The predicted octanol–water partition coefficient (Wildman–Crippen LogP) is -3.61. The van der Waals surface area contributed by atoms with Crippen LogP contribution in [-0.2, 0) is 9.47 Å². The predicted molar refractivity (Wildman–Crippen MR) is 62.9 cm³/mol. The van der Waals surface area contributed by atoms with Crippen LogP contribution in [0.15, 0.2) is 4.99 Å². The highest BCUT2D eigenvalue weighted by Crippen LogP contribution is 2.57. The molecule has 112 valence electrons. The van der Waals surface area contributed by atoms with Crippen molar-refractivity contribution in [2.45, 2.75) is 49.1 Å². The van der Waals surface area contributed by atoms with Crippen LogP contribution in [0.3, 0.4) is 0 Å². The van der Waals surface area contributed by atoms with Crippen molar-refractivity contribution in [3.63, 3.8) is 0 Å². The van der Waals surface area contributed by atoms with Crippen LogP contribution < -0.4 is 11.1 Å². The Kier molecular flexibility index (Phi) is 2.19. The number of rotatable bonds is 0. The molecule has 0 aromatic heterocycles. The molecule has 3 saturated heterocycles. The number of nitrogens with one attached hydrogen (secondary N) is 1. The van der Waals surface area contributed by atoms with E-state index < -0.39 is 48.1 Å². The summed E-state index contributed by atoms with van der Waals surface area (Å²) in [7, 11) is 0. The van der Waals surface area contributed by atoms with E-state index in [4.69, 9.17) is 15.2 Å². The fraction of sp³-hybridized carbons (Fsp3) is 0.909. The zero-order chi connectivity index (χ0) is 14.4. The molecule has 0 aromatic rings. The smallest absolute Gasteiger partial charge is 0.311 e. The van der Waals surface area contributed by atoms with Crippen LogP contribution in [0.1, 0.15) is 6.92 Å². The maximum Gasteiger partial charge on any atom is 0.311 e. The first-order valence-corrected chi connectivity index (χ1v) is 6.55. The van der Waals surface area contributed by atoms with Crippen LogP contribution in [-0.4, -0.2) is 68.5 Å². The standard InChI is InChI=1S/C11H17N3O6/c1-2-4-3-7(16)13-9(12)14-10(3)6(15)5(2)20-11(18,19-4)8(10)17/h2-8,15-18H,1H3,(H3,12,13,14)/t2-,3-,4+,5-,6?,7-,8+,10-,11+/m1/s1. The molecule has 4 fully saturated rings. The first-order chi connectivity index (χ1) is 9.31. The number of guanidine groups is 1. The molecule has 9 nitrogen and oxygen atoms in total. The van der Waals surface area contributed by atoms with Gasteiger partial charge in [-0.05, 0) is 0 Å². The number of ether oxygens (including phenoxy) is 2. The molecule has 0 aromatic carbocycles. The van der Waals surface area contributed by atoms with E-state index in [0.717, 1.165) is 0 Å². The molecule has 1 spiro atoms. The van der Waals surface area contributed by atoms with Crippen molar-refractivity contribution in [1.29, 1.82) is 0 Å². The van der Waals surface area contributed by atoms with Gasteiger partial charge in [-0.2, -0.15) is 0 Å². The first kappa shape index (κ1) is 12.7. The van der Waals surface area contributed by atoms with Gasteiger partial charge in [0, 0.05) is 5.92 Å². The zero-order valence-corrected chi connectivity index (χ0v) is 10.7. The van der Waals surface area contributed by atoms with Gasteiger partial charge in [-0.3, -0.25) is 0 Å². The lowest BCUT2D eigenvalue weighted by Crippen LogP contribution is -2.91. The quantitative estimate of drug-likeness (QED) is 0.267. The van der Waals surface area contributed by atoms with Crippen LogP contribution in [0.5, 0.6) is 0 Å². The van der Waals surface area contributed by atoms with Gasteiger partial charge in [-0.25, -0.2) is 4.99 Å². The summed E-state index contributed by atoms with van der Waals surface area (Å²) in [4.78, 5) is 3.82. The molecule has 1 aliphatic carbocycles.